The summed E-state index contributed by atoms with van der Waals surface area (Å²) >= 11 is 7.84. The summed E-state index contributed by atoms with van der Waals surface area (Å²) < 4.78 is 6.70. The molecule has 0 saturated carbocycles. The van der Waals surface area contributed by atoms with Gasteiger partial charge < -0.3 is 9.84 Å². The lowest BCUT2D eigenvalue weighted by atomic mass is 9.91. The average Bonchev–Trinajstić information content (AvgIpc) is 3.36. The molecule has 0 aliphatic heterocycles. The molecule has 9 heteroatoms. The summed E-state index contributed by atoms with van der Waals surface area (Å²) in [4.78, 5) is 29.9. The lowest BCUT2D eigenvalue weighted by Crippen LogP contribution is -2.19. The van der Waals surface area contributed by atoms with Crippen molar-refractivity contribution >= 4 is 33.9 Å². The average molecular weight is 417 g/mol. The number of aromatic nitrogens is 4. The number of benzene rings is 1. The van der Waals surface area contributed by atoms with Gasteiger partial charge in [-0.3, -0.25) is 19.1 Å². The Morgan fingerprint density at radius 3 is 2.86 bits per heavy atom. The number of H-pyrrole nitrogens is 2. The molecule has 2 N–H and O–H groups in total. The number of hydrogen-bond donors (Lipinski definition) is 2. The van der Waals surface area contributed by atoms with Crippen molar-refractivity contribution in [1.29, 1.82) is 0 Å². The molecular weight excluding hydrogens is 400 g/mol. The predicted octanol–water partition coefficient (Wildman–Crippen LogP) is 3.35. The Hall–Kier alpha value is -2.84. The maximum atomic E-state index is 12.7. The van der Waals surface area contributed by atoms with E-state index >= 15 is 0 Å². The molecule has 1 aromatic carbocycles. The molecule has 0 fully saturated rings. The molecule has 0 spiro atoms. The number of carbonyl (C=O) groups is 1. The summed E-state index contributed by atoms with van der Waals surface area (Å²) in [6.07, 6.45) is 2.31. The highest BCUT2D eigenvalue weighted by Crippen LogP contribution is 2.35. The van der Waals surface area contributed by atoms with E-state index < -0.39 is 11.9 Å². The number of halogens is 1. The zero-order chi connectivity index (χ0) is 19.7. The molecule has 1 atom stereocenters. The Kier molecular flexibility index (Phi) is 5.06. The Labute approximate surface area is 168 Å². The van der Waals surface area contributed by atoms with Crippen LogP contribution in [0.15, 0.2) is 46.7 Å². The lowest BCUT2D eigenvalue weighted by molar-refractivity contribution is -0.140. The van der Waals surface area contributed by atoms with Gasteiger partial charge in [0.05, 0.1) is 19.2 Å². The van der Waals surface area contributed by atoms with Gasteiger partial charge in [-0.05, 0) is 5.56 Å². The van der Waals surface area contributed by atoms with Crippen molar-refractivity contribution < 1.29 is 9.53 Å². The maximum Gasteiger partial charge on any atom is 0.306 e. The fourth-order valence-electron chi connectivity index (χ4n) is 3.39. The third-order valence-electron chi connectivity index (χ3n) is 4.65. The lowest BCUT2D eigenvalue weighted by Gasteiger charge is -2.16. The first-order valence-electron chi connectivity index (χ1n) is 8.59. The van der Waals surface area contributed by atoms with Gasteiger partial charge in [0.2, 0.25) is 0 Å². The van der Waals surface area contributed by atoms with Gasteiger partial charge in [-0.25, -0.2) is 4.98 Å². The van der Waals surface area contributed by atoms with Crippen LogP contribution in [0.1, 0.15) is 34.9 Å². The van der Waals surface area contributed by atoms with E-state index in [-0.39, 0.29) is 17.1 Å². The molecule has 0 unspecified atom stereocenters. The second-order valence-corrected chi connectivity index (χ2v) is 7.54. The molecule has 4 aromatic rings. The van der Waals surface area contributed by atoms with Gasteiger partial charge in [0.1, 0.15) is 0 Å². The number of rotatable bonds is 6. The minimum absolute atomic E-state index is 0.0252. The Balaban J connectivity index is 1.85. The minimum Gasteiger partial charge on any atom is -0.469 e. The van der Waals surface area contributed by atoms with Crippen molar-refractivity contribution in [3.05, 3.63) is 79.9 Å². The molecule has 3 heterocycles. The van der Waals surface area contributed by atoms with E-state index in [1.807, 2.05) is 46.3 Å². The van der Waals surface area contributed by atoms with Crippen molar-refractivity contribution in [1.82, 2.24) is 19.6 Å². The van der Waals surface area contributed by atoms with Crippen LogP contribution in [0.25, 0.3) is 4.96 Å². The standard InChI is InChI=1S/C19H17ClN4O3S/c1-27-14(25)10-12(16-17(20)21-19-24(16)7-8-28-19)15-13(22-23-18(15)26)9-11-5-3-2-4-6-11/h2-8,12H,9-10H2,1H3,(H2,22,23,26)/t12-/m0/s1. The monoisotopic (exact) mass is 416 g/mol. The van der Waals surface area contributed by atoms with Crippen molar-refractivity contribution in [2.24, 2.45) is 0 Å². The molecule has 3 aromatic heterocycles. The summed E-state index contributed by atoms with van der Waals surface area (Å²) in [5.74, 6) is -1.03. The molecule has 0 aliphatic carbocycles. The first-order valence-corrected chi connectivity index (χ1v) is 9.85. The van der Waals surface area contributed by atoms with Gasteiger partial charge >= 0.3 is 5.97 Å². The van der Waals surface area contributed by atoms with Crippen LogP contribution in [0.5, 0.6) is 0 Å². The van der Waals surface area contributed by atoms with Crippen molar-refractivity contribution in [3.8, 4) is 0 Å². The minimum atomic E-state index is -0.599. The smallest absolute Gasteiger partial charge is 0.306 e. The van der Waals surface area contributed by atoms with Crippen molar-refractivity contribution in [2.45, 2.75) is 18.8 Å². The molecule has 7 nitrogen and oxygen atoms in total. The second kappa shape index (κ2) is 7.65. The first kappa shape index (κ1) is 18.5. The quantitative estimate of drug-likeness (QED) is 0.471. The van der Waals surface area contributed by atoms with Crippen LogP contribution in [0.2, 0.25) is 5.15 Å². The number of hydrogen-bond acceptors (Lipinski definition) is 5. The number of aromatic amines is 2. The predicted molar refractivity (Wildman–Crippen MR) is 107 cm³/mol. The SMILES string of the molecule is COC(=O)C[C@@H](c1c(Cc2ccccc2)[nH][nH]c1=O)c1c(Cl)nc2sccn12. The molecule has 0 aliphatic rings. The van der Waals surface area contributed by atoms with E-state index in [4.69, 9.17) is 16.3 Å². The van der Waals surface area contributed by atoms with Gasteiger partial charge in [0.25, 0.3) is 5.56 Å². The van der Waals surface area contributed by atoms with E-state index in [1.165, 1.54) is 18.4 Å². The van der Waals surface area contributed by atoms with E-state index in [2.05, 4.69) is 15.2 Å². The van der Waals surface area contributed by atoms with Crippen LogP contribution < -0.4 is 5.56 Å². The third kappa shape index (κ3) is 3.36. The number of imidazole rings is 1. The topological polar surface area (TPSA) is 92.2 Å². The Bertz CT molecular complexity index is 1170. The van der Waals surface area contributed by atoms with Crippen LogP contribution >= 0.6 is 22.9 Å². The first-order chi connectivity index (χ1) is 13.6. The summed E-state index contributed by atoms with van der Waals surface area (Å²) in [7, 11) is 1.32. The van der Waals surface area contributed by atoms with E-state index in [9.17, 15) is 9.59 Å². The fraction of sp³-hybridized carbons (Fsp3) is 0.211. The van der Waals surface area contributed by atoms with Gasteiger partial charge in [-0.1, -0.05) is 41.9 Å². The van der Waals surface area contributed by atoms with Gasteiger partial charge in [0, 0.05) is 35.2 Å². The molecule has 0 amide bonds. The number of carbonyl (C=O) groups excluding carboxylic acids is 1. The molecule has 0 radical (unpaired) electrons. The Morgan fingerprint density at radius 2 is 2.11 bits per heavy atom. The summed E-state index contributed by atoms with van der Waals surface area (Å²) in [5.41, 5.74) is 2.51. The van der Waals surface area contributed by atoms with E-state index in [0.717, 1.165) is 5.56 Å². The molecular formula is C19H17ClN4O3S. The van der Waals surface area contributed by atoms with E-state index in [1.54, 1.807) is 0 Å². The third-order valence-corrected chi connectivity index (χ3v) is 5.69. The Morgan fingerprint density at radius 1 is 1.32 bits per heavy atom. The number of esters is 1. The van der Waals surface area contributed by atoms with Crippen LogP contribution in [0.4, 0.5) is 0 Å². The normalized spacial score (nSPS) is 12.4. The largest absolute Gasteiger partial charge is 0.469 e. The molecule has 28 heavy (non-hydrogen) atoms. The highest BCUT2D eigenvalue weighted by Gasteiger charge is 2.31. The highest BCUT2D eigenvalue weighted by atomic mass is 35.5. The van der Waals surface area contributed by atoms with Crippen LogP contribution in [-0.2, 0) is 16.0 Å². The van der Waals surface area contributed by atoms with E-state index in [0.29, 0.717) is 28.3 Å². The van der Waals surface area contributed by atoms with Crippen molar-refractivity contribution in [3.63, 3.8) is 0 Å². The molecule has 0 bridgehead atoms. The number of thiazole rings is 1. The number of methoxy groups -OCH3 is 1. The molecule has 144 valence electrons. The number of fused-ring (bicyclic) bond motifs is 1. The second-order valence-electron chi connectivity index (χ2n) is 6.31. The number of nitrogens with one attached hydrogen (secondary N) is 2. The highest BCUT2D eigenvalue weighted by molar-refractivity contribution is 7.15. The number of nitrogens with zero attached hydrogens (tertiary/aromatic N) is 2. The molecule has 4 rings (SSSR count). The van der Waals surface area contributed by atoms with Gasteiger partial charge in [-0.2, -0.15) is 0 Å². The van der Waals surface area contributed by atoms with Gasteiger partial charge in [-0.15, -0.1) is 11.3 Å². The van der Waals surface area contributed by atoms with Crippen LogP contribution in [0, 0.1) is 0 Å². The zero-order valence-electron chi connectivity index (χ0n) is 14.9. The maximum absolute atomic E-state index is 12.7. The van der Waals surface area contributed by atoms with Crippen LogP contribution in [0.3, 0.4) is 0 Å². The van der Waals surface area contributed by atoms with Crippen molar-refractivity contribution in [2.75, 3.05) is 7.11 Å². The summed E-state index contributed by atoms with van der Waals surface area (Å²) in [5, 5.41) is 7.76. The van der Waals surface area contributed by atoms with Gasteiger partial charge in [0.15, 0.2) is 10.1 Å². The fourth-order valence-corrected chi connectivity index (χ4v) is 4.46. The summed E-state index contributed by atoms with van der Waals surface area (Å²) in [6, 6.07) is 9.77. The zero-order valence-corrected chi connectivity index (χ0v) is 16.5. The number of ether oxygens (including phenoxy) is 1. The van der Waals surface area contributed by atoms with Crippen LogP contribution in [-0.4, -0.2) is 32.7 Å². The summed E-state index contributed by atoms with van der Waals surface area (Å²) in [6.45, 7) is 0. The molecule has 0 saturated heterocycles.